The highest BCUT2D eigenvalue weighted by Crippen LogP contribution is 2.27. The second-order valence-electron chi connectivity index (χ2n) is 6.82. The van der Waals surface area contributed by atoms with Crippen LogP contribution in [0.5, 0.6) is 0 Å². The fraction of sp³-hybridized carbons (Fsp3) is 0.158. The van der Waals surface area contributed by atoms with Crippen molar-refractivity contribution < 1.29 is 12.8 Å². The van der Waals surface area contributed by atoms with Crippen LogP contribution >= 0.6 is 0 Å². The quantitative estimate of drug-likeness (QED) is 0.529. The number of aromatic amines is 1. The van der Waals surface area contributed by atoms with Gasteiger partial charge in [-0.3, -0.25) is 4.98 Å². The van der Waals surface area contributed by atoms with E-state index in [1.165, 1.54) is 34.9 Å². The molecule has 5 rings (SSSR count). The first-order chi connectivity index (χ1) is 14.4. The Morgan fingerprint density at radius 3 is 2.73 bits per heavy atom. The third-order valence-corrected chi connectivity index (χ3v) is 6.85. The zero-order chi connectivity index (χ0) is 20.9. The predicted octanol–water partition coefficient (Wildman–Crippen LogP) is 1.37. The molecule has 0 saturated carbocycles. The SMILES string of the molecule is O=c1[nH]c2c(c3nc(-c4ccccc4F)nn13)CN(S(=O)(=O)c1cccnc1)CC2. The lowest BCUT2D eigenvalue weighted by Gasteiger charge is -2.27. The van der Waals surface area contributed by atoms with E-state index in [2.05, 4.69) is 20.1 Å². The molecule has 0 atom stereocenters. The van der Waals surface area contributed by atoms with Gasteiger partial charge in [-0.15, -0.1) is 5.10 Å². The Bertz CT molecular complexity index is 1430. The van der Waals surface area contributed by atoms with Crippen LogP contribution in [0, 0.1) is 5.82 Å². The zero-order valence-electron chi connectivity index (χ0n) is 15.5. The van der Waals surface area contributed by atoms with Crippen LogP contribution in [-0.4, -0.2) is 43.8 Å². The Balaban J connectivity index is 1.63. The summed E-state index contributed by atoms with van der Waals surface area (Å²) in [7, 11) is -3.77. The Hall–Kier alpha value is -3.44. The van der Waals surface area contributed by atoms with Gasteiger partial charge in [0.25, 0.3) is 0 Å². The molecule has 3 aromatic heterocycles. The molecule has 0 fully saturated rings. The number of pyridine rings is 1. The molecule has 1 aliphatic rings. The van der Waals surface area contributed by atoms with E-state index in [0.717, 1.165) is 4.52 Å². The Labute approximate surface area is 169 Å². The number of benzene rings is 1. The van der Waals surface area contributed by atoms with Crippen LogP contribution < -0.4 is 5.69 Å². The molecular weight excluding hydrogens is 411 g/mol. The summed E-state index contributed by atoms with van der Waals surface area (Å²) in [6.07, 6.45) is 3.10. The van der Waals surface area contributed by atoms with Crippen LogP contribution in [0.1, 0.15) is 11.3 Å². The van der Waals surface area contributed by atoms with E-state index in [9.17, 15) is 17.6 Å². The summed E-state index contributed by atoms with van der Waals surface area (Å²) in [4.78, 5) is 23.5. The smallest absolute Gasteiger partial charge is 0.309 e. The Morgan fingerprint density at radius 2 is 1.97 bits per heavy atom. The molecule has 0 unspecified atom stereocenters. The number of nitrogens with zero attached hydrogens (tertiary/aromatic N) is 5. The first-order valence-corrected chi connectivity index (χ1v) is 10.5. The summed E-state index contributed by atoms with van der Waals surface area (Å²) in [6, 6.07) is 9.02. The molecule has 30 heavy (non-hydrogen) atoms. The molecular formula is C19H15FN6O3S. The van der Waals surface area contributed by atoms with Crippen molar-refractivity contribution in [3.63, 3.8) is 0 Å². The molecule has 4 heterocycles. The first kappa shape index (κ1) is 18.6. The normalized spacial score (nSPS) is 14.7. The van der Waals surface area contributed by atoms with E-state index < -0.39 is 21.5 Å². The number of hydrogen-bond donors (Lipinski definition) is 1. The van der Waals surface area contributed by atoms with Crippen LogP contribution in [0.2, 0.25) is 0 Å². The highest BCUT2D eigenvalue weighted by atomic mass is 32.2. The molecule has 0 bridgehead atoms. The number of H-pyrrole nitrogens is 1. The average Bonchev–Trinajstić information content (AvgIpc) is 3.21. The summed E-state index contributed by atoms with van der Waals surface area (Å²) in [5, 5.41) is 4.14. The number of nitrogens with one attached hydrogen (secondary N) is 1. The Morgan fingerprint density at radius 1 is 1.13 bits per heavy atom. The third-order valence-electron chi connectivity index (χ3n) is 5.02. The highest BCUT2D eigenvalue weighted by molar-refractivity contribution is 7.89. The lowest BCUT2D eigenvalue weighted by atomic mass is 10.1. The van der Waals surface area contributed by atoms with Crippen molar-refractivity contribution >= 4 is 15.7 Å². The van der Waals surface area contributed by atoms with E-state index in [1.54, 1.807) is 18.2 Å². The summed E-state index contributed by atoms with van der Waals surface area (Å²) < 4.78 is 42.5. The predicted molar refractivity (Wildman–Crippen MR) is 105 cm³/mol. The van der Waals surface area contributed by atoms with Gasteiger partial charge in [0.05, 0.1) is 5.56 Å². The van der Waals surface area contributed by atoms with E-state index in [-0.39, 0.29) is 35.0 Å². The number of rotatable bonds is 3. The van der Waals surface area contributed by atoms with E-state index in [1.807, 2.05) is 0 Å². The molecule has 0 saturated heterocycles. The summed E-state index contributed by atoms with van der Waals surface area (Å²) in [5.74, 6) is -0.460. The summed E-state index contributed by atoms with van der Waals surface area (Å²) in [6.45, 7) is 0.201. The van der Waals surface area contributed by atoms with Crippen molar-refractivity contribution in [1.82, 2.24) is 28.9 Å². The second-order valence-corrected chi connectivity index (χ2v) is 8.75. The van der Waals surface area contributed by atoms with Crippen molar-refractivity contribution in [2.24, 2.45) is 0 Å². The van der Waals surface area contributed by atoms with Crippen LogP contribution in [0.3, 0.4) is 0 Å². The average molecular weight is 426 g/mol. The topological polar surface area (TPSA) is 113 Å². The molecule has 0 amide bonds. The minimum absolute atomic E-state index is 0.00223. The number of aromatic nitrogens is 5. The van der Waals surface area contributed by atoms with Gasteiger partial charge in [-0.25, -0.2) is 22.6 Å². The minimum Gasteiger partial charge on any atom is -0.309 e. The van der Waals surface area contributed by atoms with Crippen molar-refractivity contribution in [3.05, 3.63) is 76.4 Å². The van der Waals surface area contributed by atoms with Crippen molar-refractivity contribution in [2.75, 3.05) is 6.54 Å². The minimum atomic E-state index is -3.77. The molecule has 0 radical (unpaired) electrons. The van der Waals surface area contributed by atoms with Gasteiger partial charge in [-0.2, -0.15) is 8.82 Å². The maximum atomic E-state index is 14.2. The van der Waals surface area contributed by atoms with Crippen LogP contribution in [-0.2, 0) is 23.0 Å². The maximum absolute atomic E-state index is 14.2. The zero-order valence-corrected chi connectivity index (χ0v) is 16.3. The van der Waals surface area contributed by atoms with E-state index in [4.69, 9.17) is 0 Å². The van der Waals surface area contributed by atoms with Gasteiger partial charge in [0, 0.05) is 43.2 Å². The lowest BCUT2D eigenvalue weighted by Crippen LogP contribution is -2.38. The van der Waals surface area contributed by atoms with Gasteiger partial charge in [0.2, 0.25) is 10.0 Å². The van der Waals surface area contributed by atoms with Gasteiger partial charge in [-0.1, -0.05) is 12.1 Å². The molecule has 1 aromatic carbocycles. The third kappa shape index (κ3) is 2.90. The van der Waals surface area contributed by atoms with Crippen LogP contribution in [0.25, 0.3) is 17.0 Å². The van der Waals surface area contributed by atoms with Gasteiger partial charge >= 0.3 is 5.69 Å². The van der Waals surface area contributed by atoms with Gasteiger partial charge in [-0.05, 0) is 24.3 Å². The van der Waals surface area contributed by atoms with Crippen LogP contribution in [0.4, 0.5) is 4.39 Å². The monoisotopic (exact) mass is 426 g/mol. The van der Waals surface area contributed by atoms with E-state index >= 15 is 0 Å². The van der Waals surface area contributed by atoms with Crippen LogP contribution in [0.15, 0.2) is 58.5 Å². The van der Waals surface area contributed by atoms with E-state index in [0.29, 0.717) is 17.7 Å². The van der Waals surface area contributed by atoms with Gasteiger partial charge in [0.15, 0.2) is 11.5 Å². The molecule has 1 N–H and O–H groups in total. The summed E-state index contributed by atoms with van der Waals surface area (Å²) in [5.41, 5.74) is 0.978. The molecule has 1 aliphatic heterocycles. The Kier molecular flexibility index (Phi) is 4.22. The second kappa shape index (κ2) is 6.82. The number of fused-ring (bicyclic) bond motifs is 3. The molecule has 4 aromatic rings. The number of halogens is 1. The van der Waals surface area contributed by atoms with Crippen molar-refractivity contribution in [1.29, 1.82) is 0 Å². The molecule has 0 spiro atoms. The van der Waals surface area contributed by atoms with Crippen molar-refractivity contribution in [3.8, 4) is 11.4 Å². The largest absolute Gasteiger partial charge is 0.348 e. The number of sulfonamides is 1. The highest BCUT2D eigenvalue weighted by Gasteiger charge is 2.31. The van der Waals surface area contributed by atoms with Crippen molar-refractivity contribution in [2.45, 2.75) is 17.9 Å². The summed E-state index contributed by atoms with van der Waals surface area (Å²) >= 11 is 0. The molecule has 9 nitrogen and oxygen atoms in total. The molecule has 152 valence electrons. The molecule has 0 aliphatic carbocycles. The maximum Gasteiger partial charge on any atom is 0.348 e. The van der Waals surface area contributed by atoms with Gasteiger partial charge in [0.1, 0.15) is 10.7 Å². The lowest BCUT2D eigenvalue weighted by molar-refractivity contribution is 0.387. The number of hydrogen-bond acceptors (Lipinski definition) is 6. The first-order valence-electron chi connectivity index (χ1n) is 9.11. The van der Waals surface area contributed by atoms with Gasteiger partial charge < -0.3 is 4.98 Å². The fourth-order valence-corrected chi connectivity index (χ4v) is 4.90. The standard InChI is InChI=1S/C19H15FN6O3S/c20-15-6-2-1-5-13(15)17-23-18-14-11-25(30(28,29)12-4-3-8-21-10-12)9-7-16(14)22-19(27)26(18)24-17/h1-6,8,10H,7,9,11H2,(H,22,27). The molecule has 11 heteroatoms. The fourth-order valence-electron chi connectivity index (χ4n) is 3.52.